The van der Waals surface area contributed by atoms with Crippen molar-refractivity contribution in [3.63, 3.8) is 0 Å². The second-order valence-corrected chi connectivity index (χ2v) is 9.43. The molecule has 224 valence electrons. The van der Waals surface area contributed by atoms with Gasteiger partial charge in [-0.25, -0.2) is 9.97 Å². The van der Waals surface area contributed by atoms with Crippen molar-refractivity contribution in [3.8, 4) is 0 Å². The number of halogens is 1. The van der Waals surface area contributed by atoms with E-state index in [1.165, 1.54) is 4.90 Å². The number of benzene rings is 2. The zero-order valence-electron chi connectivity index (χ0n) is 24.2. The molecule has 1 amide bonds. The van der Waals surface area contributed by atoms with Crippen molar-refractivity contribution in [1.82, 2.24) is 14.5 Å². The number of fused-ring (bicyclic) bond motifs is 1. The molecule has 42 heavy (non-hydrogen) atoms. The van der Waals surface area contributed by atoms with Crippen LogP contribution in [0.4, 0.5) is 11.5 Å². The number of aliphatic hydroxyl groups is 1. The van der Waals surface area contributed by atoms with Crippen molar-refractivity contribution < 1.29 is 19.4 Å². The van der Waals surface area contributed by atoms with E-state index in [1.807, 2.05) is 29.8 Å². The number of carbonyl (C=O) groups excluding carboxylic acids is 2. The Kier molecular flexibility index (Phi) is 12.9. The van der Waals surface area contributed by atoms with E-state index in [9.17, 15) is 9.59 Å². The molecule has 0 aliphatic carbocycles. The highest BCUT2D eigenvalue weighted by molar-refractivity contribution is 6.07. The number of aromatic nitrogens is 3. The lowest BCUT2D eigenvalue weighted by atomic mass is 10.1. The van der Waals surface area contributed by atoms with Crippen molar-refractivity contribution in [2.75, 3.05) is 23.4 Å². The van der Waals surface area contributed by atoms with Gasteiger partial charge in [0.2, 0.25) is 0 Å². The number of pyridine rings is 1. The van der Waals surface area contributed by atoms with Crippen LogP contribution in [0.2, 0.25) is 0 Å². The Balaban J connectivity index is 0.00000116. The van der Waals surface area contributed by atoms with Crippen LogP contribution in [0.25, 0.3) is 11.0 Å². The maximum atomic E-state index is 13.5. The van der Waals surface area contributed by atoms with E-state index in [0.717, 1.165) is 17.0 Å². The molecule has 12 heteroatoms. The summed E-state index contributed by atoms with van der Waals surface area (Å²) in [6.45, 7) is 6.09. The number of rotatable bonds is 10. The number of nitrogens with one attached hydrogen (secondary N) is 2. The topological polar surface area (TPSA) is 159 Å². The summed E-state index contributed by atoms with van der Waals surface area (Å²) in [5.41, 5.74) is 9.07. The number of nitrogens with zero attached hydrogens (tertiary/aromatic N) is 4. The Hall–Kier alpha value is -4.48. The monoisotopic (exact) mass is 595 g/mol. The molecule has 0 spiro atoms. The summed E-state index contributed by atoms with van der Waals surface area (Å²) in [4.78, 5) is 36.0. The van der Waals surface area contributed by atoms with Gasteiger partial charge in [-0.1, -0.05) is 6.07 Å². The molecule has 0 atom stereocenters. The van der Waals surface area contributed by atoms with Crippen LogP contribution in [0.3, 0.4) is 0 Å². The van der Waals surface area contributed by atoms with Gasteiger partial charge in [-0.05, 0) is 75.4 Å². The van der Waals surface area contributed by atoms with Crippen LogP contribution >= 0.6 is 12.4 Å². The molecule has 0 radical (unpaired) electrons. The maximum absolute atomic E-state index is 13.5. The van der Waals surface area contributed by atoms with E-state index in [4.69, 9.17) is 26.0 Å². The van der Waals surface area contributed by atoms with E-state index < -0.39 is 0 Å². The Labute approximate surface area is 251 Å². The third-order valence-corrected chi connectivity index (χ3v) is 5.88. The standard InChI is InChI=1S/C27H29N7O3.C3H8O.ClH/c1-3-37-25(35)13-15-34(23-6-4-5-14-30-23)27(36)19-9-12-22-21(16-19)32-24(33(22)2)17-31-20-10-7-18(8-11-20)26(28)29;1-3(2)4;/h4-12,14,16,31H,3,13,15,17H2,1-2H3,(H3,28,29);3-4H,1-2H3;1H. The molecule has 5 N–H and O–H groups in total. The Morgan fingerprint density at radius 2 is 1.79 bits per heavy atom. The van der Waals surface area contributed by atoms with Crippen LogP contribution in [0, 0.1) is 5.41 Å². The molecule has 2 heterocycles. The number of aliphatic hydroxyl groups excluding tert-OH is 1. The molecule has 0 bridgehead atoms. The number of imidazole rings is 1. The maximum Gasteiger partial charge on any atom is 0.307 e. The number of nitrogen functional groups attached to an aromatic ring is 1. The van der Waals surface area contributed by atoms with Crippen LogP contribution in [-0.2, 0) is 23.1 Å². The minimum atomic E-state index is -0.371. The molecule has 0 aliphatic rings. The summed E-state index contributed by atoms with van der Waals surface area (Å²) in [5, 5.41) is 18.9. The van der Waals surface area contributed by atoms with Crippen LogP contribution in [-0.4, -0.2) is 56.6 Å². The average Bonchev–Trinajstić information content (AvgIpc) is 3.27. The predicted octanol–water partition coefficient (Wildman–Crippen LogP) is 4.27. The summed E-state index contributed by atoms with van der Waals surface area (Å²) < 4.78 is 7.00. The Morgan fingerprint density at radius 1 is 1.12 bits per heavy atom. The lowest BCUT2D eigenvalue weighted by molar-refractivity contribution is -0.142. The van der Waals surface area contributed by atoms with Gasteiger partial charge >= 0.3 is 5.97 Å². The van der Waals surface area contributed by atoms with E-state index in [0.29, 0.717) is 29.0 Å². The number of amidine groups is 1. The van der Waals surface area contributed by atoms with E-state index in [2.05, 4.69) is 10.3 Å². The quantitative estimate of drug-likeness (QED) is 0.120. The molecule has 2 aromatic heterocycles. The van der Waals surface area contributed by atoms with Gasteiger partial charge in [-0.3, -0.25) is 19.9 Å². The fourth-order valence-corrected chi connectivity index (χ4v) is 3.92. The van der Waals surface area contributed by atoms with E-state index >= 15 is 0 Å². The second-order valence-electron chi connectivity index (χ2n) is 9.43. The first-order valence-corrected chi connectivity index (χ1v) is 13.3. The highest BCUT2D eigenvalue weighted by Crippen LogP contribution is 2.21. The molecule has 4 rings (SSSR count). The first-order chi connectivity index (χ1) is 19.6. The zero-order valence-corrected chi connectivity index (χ0v) is 25.0. The number of aryl methyl sites for hydroxylation is 1. The molecule has 0 unspecified atom stereocenters. The molecule has 0 fully saturated rings. The van der Waals surface area contributed by atoms with Crippen molar-refractivity contribution in [1.29, 1.82) is 5.41 Å². The lowest BCUT2D eigenvalue weighted by Gasteiger charge is -2.21. The van der Waals surface area contributed by atoms with Gasteiger partial charge in [0, 0.05) is 42.7 Å². The first-order valence-electron chi connectivity index (χ1n) is 13.3. The van der Waals surface area contributed by atoms with Gasteiger partial charge in [0.15, 0.2) is 0 Å². The van der Waals surface area contributed by atoms with Crippen molar-refractivity contribution in [2.45, 2.75) is 39.8 Å². The van der Waals surface area contributed by atoms with Crippen LogP contribution < -0.4 is 16.0 Å². The van der Waals surface area contributed by atoms with Crippen LogP contribution in [0.1, 0.15) is 48.9 Å². The first kappa shape index (κ1) is 33.7. The largest absolute Gasteiger partial charge is 0.466 e. The molecule has 0 aliphatic heterocycles. The molecule has 4 aromatic rings. The summed E-state index contributed by atoms with van der Waals surface area (Å²) in [7, 11) is 1.92. The van der Waals surface area contributed by atoms with Crippen molar-refractivity contribution >= 4 is 52.7 Å². The van der Waals surface area contributed by atoms with Gasteiger partial charge in [-0.2, -0.15) is 0 Å². The van der Waals surface area contributed by atoms with E-state index in [1.54, 1.807) is 69.4 Å². The number of esters is 1. The minimum absolute atomic E-state index is 0. The van der Waals surface area contributed by atoms with Gasteiger partial charge in [0.1, 0.15) is 17.5 Å². The molecule has 11 nitrogen and oxygen atoms in total. The molecule has 0 saturated heterocycles. The number of hydrogen-bond donors (Lipinski definition) is 4. The highest BCUT2D eigenvalue weighted by Gasteiger charge is 2.21. The van der Waals surface area contributed by atoms with Gasteiger partial charge < -0.3 is 25.5 Å². The van der Waals surface area contributed by atoms with Gasteiger partial charge in [-0.15, -0.1) is 12.4 Å². The number of anilines is 2. The van der Waals surface area contributed by atoms with Gasteiger partial charge in [0.25, 0.3) is 5.91 Å². The number of nitrogens with two attached hydrogens (primary N) is 1. The SMILES string of the molecule is CC(C)O.CCOC(=O)CCN(C(=O)c1ccc2c(c1)nc(CNc1ccc(C(=N)N)cc1)n2C)c1ccccn1.Cl. The van der Waals surface area contributed by atoms with Crippen molar-refractivity contribution in [3.05, 3.63) is 83.8 Å². The van der Waals surface area contributed by atoms with E-state index in [-0.39, 0.29) is 55.8 Å². The van der Waals surface area contributed by atoms with Crippen molar-refractivity contribution in [2.24, 2.45) is 12.8 Å². The molecule has 2 aromatic carbocycles. The second kappa shape index (κ2) is 16.1. The highest BCUT2D eigenvalue weighted by atomic mass is 35.5. The Morgan fingerprint density at radius 3 is 2.38 bits per heavy atom. The van der Waals surface area contributed by atoms with Crippen LogP contribution in [0.5, 0.6) is 0 Å². The molecular formula is C30H38ClN7O4. The lowest BCUT2D eigenvalue weighted by Crippen LogP contribution is -2.34. The summed E-state index contributed by atoms with van der Waals surface area (Å²) in [6, 6.07) is 18.0. The molecular weight excluding hydrogens is 558 g/mol. The molecule has 0 saturated carbocycles. The third-order valence-electron chi connectivity index (χ3n) is 5.88. The minimum Gasteiger partial charge on any atom is -0.466 e. The Bertz CT molecular complexity index is 1470. The summed E-state index contributed by atoms with van der Waals surface area (Å²) in [5.74, 6) is 0.623. The fourth-order valence-electron chi connectivity index (χ4n) is 3.92. The third kappa shape index (κ3) is 9.28. The average molecular weight is 596 g/mol. The predicted molar refractivity (Wildman–Crippen MR) is 167 cm³/mol. The zero-order chi connectivity index (χ0) is 29.9. The summed E-state index contributed by atoms with van der Waals surface area (Å²) >= 11 is 0. The number of carbonyl (C=O) groups is 2. The van der Waals surface area contributed by atoms with Crippen LogP contribution in [0.15, 0.2) is 66.9 Å². The smallest absolute Gasteiger partial charge is 0.307 e. The fraction of sp³-hybridized carbons (Fsp3) is 0.300. The number of hydrogen-bond acceptors (Lipinski definition) is 8. The number of amides is 1. The normalized spacial score (nSPS) is 10.3. The van der Waals surface area contributed by atoms with Gasteiger partial charge in [0.05, 0.1) is 30.6 Å². The number of ether oxygens (including phenoxy) is 1. The summed E-state index contributed by atoms with van der Waals surface area (Å²) in [6.07, 6.45) is 1.50.